The first-order valence-electron chi connectivity index (χ1n) is 8.62. The standard InChI is InChI=1S/C21H15N3O6/c1-29-20(27)11-7-12(21(28)30-2)9-13(8-11)23-19(26)16-10-17(24-22)14-5-3-4-6-15(14)18(16)25/h3-10H,1-2H3,(H-,23,25,26)/p+1. The van der Waals surface area contributed by atoms with Crippen LogP contribution in [0.2, 0.25) is 0 Å². The minimum absolute atomic E-state index is 0.0180. The number of nitrogens with zero attached hydrogens (tertiary/aromatic N) is 2. The van der Waals surface area contributed by atoms with E-state index in [-0.39, 0.29) is 33.8 Å². The molecule has 3 aromatic rings. The molecule has 0 aliphatic heterocycles. The Morgan fingerprint density at radius 1 is 0.933 bits per heavy atom. The largest absolute Gasteiger partial charge is 0.506 e. The first kappa shape index (κ1) is 20.3. The van der Waals surface area contributed by atoms with Crippen molar-refractivity contribution in [2.45, 2.75) is 0 Å². The third-order valence-electron chi connectivity index (χ3n) is 4.38. The second-order valence-electron chi connectivity index (χ2n) is 6.17. The molecule has 0 atom stereocenters. The van der Waals surface area contributed by atoms with Gasteiger partial charge in [-0.1, -0.05) is 18.2 Å². The first-order chi connectivity index (χ1) is 14.4. The summed E-state index contributed by atoms with van der Waals surface area (Å²) < 4.78 is 9.33. The number of nitrogens with one attached hydrogen (secondary N) is 1. The molecule has 3 rings (SSSR count). The SMILES string of the molecule is COC(=O)c1cc(NC(=O)c2cc([N+]#N)c3ccccc3c2O)cc(C(=O)OC)c1. The van der Waals surface area contributed by atoms with Crippen molar-refractivity contribution in [3.63, 3.8) is 0 Å². The van der Waals surface area contributed by atoms with Gasteiger partial charge < -0.3 is 19.9 Å². The molecule has 1 amide bonds. The number of aromatic hydroxyl groups is 1. The highest BCUT2D eigenvalue weighted by Gasteiger charge is 2.23. The van der Waals surface area contributed by atoms with Gasteiger partial charge in [0.25, 0.3) is 5.91 Å². The number of diazo groups is 1. The van der Waals surface area contributed by atoms with Crippen molar-refractivity contribution >= 4 is 40.0 Å². The number of rotatable bonds is 4. The van der Waals surface area contributed by atoms with Gasteiger partial charge in [0.1, 0.15) is 5.75 Å². The van der Waals surface area contributed by atoms with E-state index in [1.165, 1.54) is 38.5 Å². The van der Waals surface area contributed by atoms with E-state index < -0.39 is 17.8 Å². The summed E-state index contributed by atoms with van der Waals surface area (Å²) in [5.74, 6) is -2.49. The quantitative estimate of drug-likeness (QED) is 0.497. The third-order valence-corrected chi connectivity index (χ3v) is 4.38. The molecule has 0 bridgehead atoms. The van der Waals surface area contributed by atoms with Crippen LogP contribution in [-0.2, 0) is 9.47 Å². The summed E-state index contributed by atoms with van der Waals surface area (Å²) in [6.45, 7) is 0. The van der Waals surface area contributed by atoms with E-state index in [4.69, 9.17) is 0 Å². The van der Waals surface area contributed by atoms with Gasteiger partial charge in [0.2, 0.25) is 5.39 Å². The van der Waals surface area contributed by atoms with Gasteiger partial charge in [0.05, 0.1) is 42.4 Å². The second-order valence-corrected chi connectivity index (χ2v) is 6.17. The predicted molar refractivity (Wildman–Crippen MR) is 107 cm³/mol. The van der Waals surface area contributed by atoms with Gasteiger partial charge in [-0.25, -0.2) is 9.59 Å². The maximum atomic E-state index is 12.8. The Labute approximate surface area is 170 Å². The molecule has 150 valence electrons. The number of amides is 1. The number of phenols is 1. The van der Waals surface area contributed by atoms with E-state index in [0.717, 1.165) is 0 Å². The molecule has 0 aromatic heterocycles. The van der Waals surface area contributed by atoms with E-state index in [1.807, 2.05) is 0 Å². The number of esters is 2. The molecule has 0 saturated heterocycles. The summed E-state index contributed by atoms with van der Waals surface area (Å²) in [4.78, 5) is 39.8. The van der Waals surface area contributed by atoms with Crippen molar-refractivity contribution in [2.24, 2.45) is 0 Å². The van der Waals surface area contributed by atoms with E-state index in [1.54, 1.807) is 24.3 Å². The lowest BCUT2D eigenvalue weighted by Gasteiger charge is -2.11. The van der Waals surface area contributed by atoms with Gasteiger partial charge in [-0.05, 0) is 24.3 Å². The summed E-state index contributed by atoms with van der Waals surface area (Å²) in [6, 6.07) is 11.7. The number of benzene rings is 3. The van der Waals surface area contributed by atoms with Crippen LogP contribution in [0.15, 0.2) is 48.5 Å². The van der Waals surface area contributed by atoms with Gasteiger partial charge in [-0.15, -0.1) is 0 Å². The Morgan fingerprint density at radius 3 is 2.03 bits per heavy atom. The number of ether oxygens (including phenoxy) is 2. The molecular formula is C21H16N3O6+. The minimum atomic E-state index is -0.749. The van der Waals surface area contributed by atoms with Crippen molar-refractivity contribution < 1.29 is 29.0 Å². The van der Waals surface area contributed by atoms with Gasteiger partial charge in [0, 0.05) is 11.1 Å². The van der Waals surface area contributed by atoms with Crippen LogP contribution in [0, 0.1) is 5.39 Å². The fraction of sp³-hybridized carbons (Fsp3) is 0.0952. The summed E-state index contributed by atoms with van der Waals surface area (Å²) in [5.41, 5.74) is 0.0593. The van der Waals surface area contributed by atoms with Crippen molar-refractivity contribution in [3.8, 4) is 5.75 Å². The number of carbonyl (C=O) groups is 3. The normalized spacial score (nSPS) is 10.2. The molecule has 30 heavy (non-hydrogen) atoms. The maximum Gasteiger partial charge on any atom is 0.393 e. The summed E-state index contributed by atoms with van der Waals surface area (Å²) in [7, 11) is 2.36. The molecule has 0 radical (unpaired) electrons. The lowest BCUT2D eigenvalue weighted by molar-refractivity contribution is 0.0599. The molecule has 0 unspecified atom stereocenters. The molecule has 0 aliphatic carbocycles. The molecular weight excluding hydrogens is 390 g/mol. The molecule has 2 N–H and O–H groups in total. The molecule has 9 heteroatoms. The molecule has 0 spiro atoms. The average Bonchev–Trinajstić information content (AvgIpc) is 2.78. The first-order valence-corrected chi connectivity index (χ1v) is 8.62. The van der Waals surface area contributed by atoms with Crippen LogP contribution in [0.5, 0.6) is 5.75 Å². The number of hydrogen-bond acceptors (Lipinski definition) is 7. The number of fused-ring (bicyclic) bond motifs is 1. The van der Waals surface area contributed by atoms with E-state index in [9.17, 15) is 24.9 Å². The number of hydrogen-bond donors (Lipinski definition) is 2. The molecule has 0 aliphatic rings. The van der Waals surface area contributed by atoms with Crippen LogP contribution in [-0.4, -0.2) is 37.2 Å². The Balaban J connectivity index is 2.06. The molecule has 0 heterocycles. The second kappa shape index (κ2) is 8.28. The Kier molecular flexibility index (Phi) is 5.60. The van der Waals surface area contributed by atoms with E-state index in [0.29, 0.717) is 10.8 Å². The van der Waals surface area contributed by atoms with Gasteiger partial charge >= 0.3 is 17.6 Å². The van der Waals surface area contributed by atoms with Crippen molar-refractivity contribution in [1.82, 2.24) is 0 Å². The van der Waals surface area contributed by atoms with Crippen molar-refractivity contribution in [3.05, 3.63) is 70.2 Å². The zero-order chi connectivity index (χ0) is 21.8. The van der Waals surface area contributed by atoms with Crippen LogP contribution < -0.4 is 5.32 Å². The number of carbonyl (C=O) groups excluding carboxylic acids is 3. The molecule has 0 saturated carbocycles. The summed E-state index contributed by atoms with van der Waals surface area (Å²) in [5, 5.41) is 23.1. The number of anilines is 1. The Hall–Kier alpha value is -4.45. The monoisotopic (exact) mass is 406 g/mol. The highest BCUT2D eigenvalue weighted by Crippen LogP contribution is 2.36. The summed E-state index contributed by atoms with van der Waals surface area (Å²) in [6.07, 6.45) is 0. The smallest absolute Gasteiger partial charge is 0.393 e. The number of phenolic OH excluding ortho intramolecular Hbond substituents is 1. The minimum Gasteiger partial charge on any atom is -0.506 e. The lowest BCUT2D eigenvalue weighted by Crippen LogP contribution is -2.14. The fourth-order valence-corrected chi connectivity index (χ4v) is 2.97. The Morgan fingerprint density at radius 2 is 1.50 bits per heavy atom. The maximum absolute atomic E-state index is 12.8. The highest BCUT2D eigenvalue weighted by molar-refractivity contribution is 6.13. The van der Waals surface area contributed by atoms with Gasteiger partial charge in [0.15, 0.2) is 4.98 Å². The summed E-state index contributed by atoms with van der Waals surface area (Å²) >= 11 is 0. The zero-order valence-corrected chi connectivity index (χ0v) is 16.0. The Bertz CT molecular complexity index is 1200. The van der Waals surface area contributed by atoms with Crippen molar-refractivity contribution in [1.29, 1.82) is 5.39 Å². The molecule has 9 nitrogen and oxygen atoms in total. The average molecular weight is 406 g/mol. The highest BCUT2D eigenvalue weighted by atomic mass is 16.5. The van der Waals surface area contributed by atoms with Crippen LogP contribution in [0.3, 0.4) is 0 Å². The number of methoxy groups -OCH3 is 2. The molecule has 0 fully saturated rings. The van der Waals surface area contributed by atoms with E-state index >= 15 is 0 Å². The van der Waals surface area contributed by atoms with Crippen LogP contribution in [0.1, 0.15) is 31.1 Å². The topological polar surface area (TPSA) is 130 Å². The molecule has 3 aromatic carbocycles. The van der Waals surface area contributed by atoms with Gasteiger partial charge in [-0.2, -0.15) is 0 Å². The van der Waals surface area contributed by atoms with Crippen LogP contribution in [0.25, 0.3) is 15.7 Å². The predicted octanol–water partition coefficient (Wildman–Crippen LogP) is 3.86. The zero-order valence-electron chi connectivity index (χ0n) is 16.0. The van der Waals surface area contributed by atoms with Gasteiger partial charge in [-0.3, -0.25) is 4.79 Å². The van der Waals surface area contributed by atoms with Crippen molar-refractivity contribution in [2.75, 3.05) is 19.5 Å². The lowest BCUT2D eigenvalue weighted by atomic mass is 10.0. The van der Waals surface area contributed by atoms with Crippen LogP contribution in [0.4, 0.5) is 11.4 Å². The third kappa shape index (κ3) is 3.74. The van der Waals surface area contributed by atoms with Crippen LogP contribution >= 0.6 is 0 Å². The fourth-order valence-electron chi connectivity index (χ4n) is 2.97. The van der Waals surface area contributed by atoms with E-state index in [2.05, 4.69) is 19.8 Å².